The third kappa shape index (κ3) is 0.414. The number of carbonyl (C=O) groups is 2. The maximum absolute atomic E-state index is 11.9. The van der Waals surface area contributed by atoms with Crippen LogP contribution in [0.15, 0.2) is 0 Å². The molecule has 0 radical (unpaired) electrons. The van der Waals surface area contributed by atoms with Crippen LogP contribution in [0, 0.1) is 34.0 Å². The first-order valence-corrected chi connectivity index (χ1v) is 5.92. The molecule has 1 saturated heterocycles. The number of methoxy groups -OCH3 is 1. The molecule has 1 aliphatic heterocycles. The maximum Gasteiger partial charge on any atom is 0.321 e. The minimum Gasteiger partial charge on any atom is -0.392 e. The Hall–Kier alpha value is -0.900. The first-order chi connectivity index (χ1) is 7.66. The molecule has 4 unspecified atom stereocenters. The molecular weight excluding hydrogens is 208 g/mol. The zero-order chi connectivity index (χ0) is 10.9. The van der Waals surface area contributed by atoms with Gasteiger partial charge in [0.15, 0.2) is 0 Å². The van der Waals surface area contributed by atoms with Gasteiger partial charge in [-0.15, -0.1) is 0 Å². The van der Waals surface area contributed by atoms with Crippen molar-refractivity contribution < 1.29 is 19.1 Å². The molecule has 0 amide bonds. The lowest BCUT2D eigenvalue weighted by Crippen LogP contribution is -2.23. The number of carbonyl (C=O) groups excluding carboxylic acids is 2. The number of hydrogen-bond acceptors (Lipinski definition) is 4. The van der Waals surface area contributed by atoms with Crippen molar-refractivity contribution in [2.24, 2.45) is 34.0 Å². The molecule has 5 aliphatic rings. The standard InChI is InChI=1S/C12H12O4/c1-15-4-10-5-2-11-7(10)12(11,3-6(5)10)9(14)16-8(11)13/h5-7H,2-4H2,1H3. The fourth-order valence-corrected chi connectivity index (χ4v) is 6.11. The Morgan fingerprint density at radius 3 is 2.31 bits per heavy atom. The van der Waals surface area contributed by atoms with Crippen molar-refractivity contribution in [2.75, 3.05) is 13.7 Å². The highest BCUT2D eigenvalue weighted by molar-refractivity contribution is 6.10. The second-order valence-corrected chi connectivity index (χ2v) is 6.22. The minimum absolute atomic E-state index is 0.170. The fraction of sp³-hybridized carbons (Fsp3) is 0.833. The van der Waals surface area contributed by atoms with E-state index in [2.05, 4.69) is 0 Å². The van der Waals surface area contributed by atoms with E-state index in [1.54, 1.807) is 7.11 Å². The smallest absolute Gasteiger partial charge is 0.321 e. The van der Waals surface area contributed by atoms with Gasteiger partial charge in [-0.1, -0.05) is 0 Å². The average molecular weight is 220 g/mol. The Morgan fingerprint density at radius 2 is 1.81 bits per heavy atom. The number of esters is 2. The molecule has 2 spiro atoms. The van der Waals surface area contributed by atoms with Crippen molar-refractivity contribution in [3.05, 3.63) is 0 Å². The summed E-state index contributed by atoms with van der Waals surface area (Å²) in [4.78, 5) is 23.8. The molecule has 84 valence electrons. The number of rotatable bonds is 2. The maximum atomic E-state index is 11.9. The topological polar surface area (TPSA) is 52.6 Å². The van der Waals surface area contributed by atoms with Crippen molar-refractivity contribution in [3.8, 4) is 0 Å². The second kappa shape index (κ2) is 1.76. The summed E-state index contributed by atoms with van der Waals surface area (Å²) in [5, 5.41) is 0. The van der Waals surface area contributed by atoms with Gasteiger partial charge < -0.3 is 9.47 Å². The summed E-state index contributed by atoms with van der Waals surface area (Å²) in [6.07, 6.45) is 1.77. The Morgan fingerprint density at radius 1 is 1.25 bits per heavy atom. The summed E-state index contributed by atoms with van der Waals surface area (Å²) in [6, 6.07) is 0. The molecule has 5 fully saturated rings. The van der Waals surface area contributed by atoms with Crippen molar-refractivity contribution >= 4 is 11.9 Å². The summed E-state index contributed by atoms with van der Waals surface area (Å²) in [7, 11) is 1.71. The Kier molecular flexibility index (Phi) is 0.904. The molecule has 0 aromatic rings. The number of ether oxygens (including phenoxy) is 2. The normalized spacial score (nSPS) is 66.7. The number of hydrogen-bond donors (Lipinski definition) is 0. The summed E-state index contributed by atoms with van der Waals surface area (Å²) >= 11 is 0. The van der Waals surface area contributed by atoms with Gasteiger partial charge in [0.2, 0.25) is 0 Å². The largest absolute Gasteiger partial charge is 0.392 e. The highest BCUT2D eigenvalue weighted by Gasteiger charge is 3.06. The predicted octanol–water partition coefficient (Wildman–Crippen LogP) is 0.359. The van der Waals surface area contributed by atoms with Gasteiger partial charge in [-0.3, -0.25) is 9.59 Å². The van der Waals surface area contributed by atoms with Crippen LogP contribution in [0.2, 0.25) is 0 Å². The number of fused-ring (bicyclic) bond motifs is 1. The van der Waals surface area contributed by atoms with Gasteiger partial charge in [0.25, 0.3) is 0 Å². The van der Waals surface area contributed by atoms with Crippen molar-refractivity contribution in [3.63, 3.8) is 0 Å². The molecule has 16 heavy (non-hydrogen) atoms. The molecule has 4 saturated carbocycles. The number of cyclic esters (lactones) is 2. The first kappa shape index (κ1) is 8.23. The van der Waals surface area contributed by atoms with Gasteiger partial charge in [0.1, 0.15) is 0 Å². The molecule has 4 nitrogen and oxygen atoms in total. The van der Waals surface area contributed by atoms with Gasteiger partial charge in [0, 0.05) is 18.4 Å². The van der Waals surface area contributed by atoms with Crippen LogP contribution in [0.3, 0.4) is 0 Å². The first-order valence-electron chi connectivity index (χ1n) is 5.92. The van der Waals surface area contributed by atoms with Gasteiger partial charge >= 0.3 is 11.9 Å². The third-order valence-corrected chi connectivity index (χ3v) is 6.39. The molecule has 0 aromatic carbocycles. The average Bonchev–Trinajstić information content (AvgIpc) is 2.93. The lowest BCUT2D eigenvalue weighted by molar-refractivity contribution is -0.159. The zero-order valence-electron chi connectivity index (χ0n) is 8.99. The van der Waals surface area contributed by atoms with Crippen LogP contribution in [-0.4, -0.2) is 25.7 Å². The van der Waals surface area contributed by atoms with Crippen LogP contribution in [0.5, 0.6) is 0 Å². The van der Waals surface area contributed by atoms with Crippen LogP contribution in [0.4, 0.5) is 0 Å². The minimum atomic E-state index is -0.401. The summed E-state index contributed by atoms with van der Waals surface area (Å²) < 4.78 is 10.2. The second-order valence-electron chi connectivity index (χ2n) is 6.22. The highest BCUT2D eigenvalue weighted by atomic mass is 16.6. The van der Waals surface area contributed by atoms with Crippen LogP contribution in [0.1, 0.15) is 12.8 Å². The van der Waals surface area contributed by atoms with E-state index in [4.69, 9.17) is 9.47 Å². The molecule has 5 rings (SSSR count). The fourth-order valence-electron chi connectivity index (χ4n) is 6.11. The van der Waals surface area contributed by atoms with Gasteiger partial charge in [0.05, 0.1) is 17.4 Å². The van der Waals surface area contributed by atoms with Gasteiger partial charge in [-0.25, -0.2) is 0 Å². The Labute approximate surface area is 92.3 Å². The summed E-state index contributed by atoms with van der Waals surface area (Å²) in [6.45, 7) is 0.719. The highest BCUT2D eigenvalue weighted by Crippen LogP contribution is 3.02. The summed E-state index contributed by atoms with van der Waals surface area (Å²) in [5.41, 5.74) is -0.631. The van der Waals surface area contributed by atoms with E-state index in [1.807, 2.05) is 0 Å². The lowest BCUT2D eigenvalue weighted by atomic mass is 9.81. The lowest BCUT2D eigenvalue weighted by Gasteiger charge is -2.16. The predicted molar refractivity (Wildman–Crippen MR) is 50.0 cm³/mol. The molecule has 4 aliphatic carbocycles. The summed E-state index contributed by atoms with van der Waals surface area (Å²) in [5.74, 6) is 1.04. The Bertz CT molecular complexity index is 447. The van der Waals surface area contributed by atoms with E-state index in [1.165, 1.54) is 0 Å². The monoisotopic (exact) mass is 220 g/mol. The molecule has 4 atom stereocenters. The van der Waals surface area contributed by atoms with E-state index in [0.717, 1.165) is 19.4 Å². The van der Waals surface area contributed by atoms with Gasteiger partial charge in [-0.2, -0.15) is 0 Å². The van der Waals surface area contributed by atoms with E-state index in [9.17, 15) is 9.59 Å². The molecule has 1 heterocycles. The molecule has 4 heteroatoms. The van der Waals surface area contributed by atoms with Gasteiger partial charge in [-0.05, 0) is 24.7 Å². The quantitative estimate of drug-likeness (QED) is 0.498. The third-order valence-electron chi connectivity index (χ3n) is 6.39. The van der Waals surface area contributed by atoms with Crippen molar-refractivity contribution in [1.82, 2.24) is 0 Å². The molecule has 0 N–H and O–H groups in total. The van der Waals surface area contributed by atoms with E-state index in [0.29, 0.717) is 11.8 Å². The van der Waals surface area contributed by atoms with E-state index in [-0.39, 0.29) is 23.3 Å². The van der Waals surface area contributed by atoms with Crippen LogP contribution >= 0.6 is 0 Å². The van der Waals surface area contributed by atoms with Crippen LogP contribution < -0.4 is 0 Å². The van der Waals surface area contributed by atoms with Crippen molar-refractivity contribution in [2.45, 2.75) is 12.8 Å². The SMILES string of the molecule is COCC12C3CC45C(=O)OC(=O)C4(CC31)C25. The van der Waals surface area contributed by atoms with Crippen LogP contribution in [0.25, 0.3) is 0 Å². The Balaban J connectivity index is 1.71. The van der Waals surface area contributed by atoms with E-state index < -0.39 is 10.8 Å². The van der Waals surface area contributed by atoms with Crippen molar-refractivity contribution in [1.29, 1.82) is 0 Å². The molecule has 0 aromatic heterocycles. The van der Waals surface area contributed by atoms with Crippen LogP contribution in [-0.2, 0) is 19.1 Å². The molecule has 0 bridgehead atoms. The molecular formula is C12H12O4. The zero-order valence-corrected chi connectivity index (χ0v) is 8.99. The van der Waals surface area contributed by atoms with E-state index >= 15 is 0 Å².